The minimum absolute atomic E-state index is 0.201. The van der Waals surface area contributed by atoms with E-state index in [1.165, 1.54) is 25.5 Å². The molecule has 0 spiro atoms. The lowest BCUT2D eigenvalue weighted by Gasteiger charge is -2.14. The molecule has 0 bridgehead atoms. The molecule has 1 unspecified atom stereocenters. The summed E-state index contributed by atoms with van der Waals surface area (Å²) in [6.07, 6.45) is 3.27. The Morgan fingerprint density at radius 1 is 1.35 bits per heavy atom. The molecule has 1 aromatic heterocycles. The quantitative estimate of drug-likeness (QED) is 0.931. The van der Waals surface area contributed by atoms with Crippen molar-refractivity contribution in [2.45, 2.75) is 13.0 Å². The summed E-state index contributed by atoms with van der Waals surface area (Å²) in [4.78, 5) is 19.4. The molecule has 1 heterocycles. The molecule has 0 saturated heterocycles. The summed E-state index contributed by atoms with van der Waals surface area (Å²) in [5, 5.41) is 2.46. The largest absolute Gasteiger partial charge is 0.478 e. The van der Waals surface area contributed by atoms with Gasteiger partial charge in [-0.25, -0.2) is 13.8 Å². The number of nitrogens with zero attached hydrogens (tertiary/aromatic N) is 2. The summed E-state index contributed by atoms with van der Waals surface area (Å²) >= 11 is 0. The fourth-order valence-electron chi connectivity index (χ4n) is 1.41. The van der Waals surface area contributed by atoms with Crippen LogP contribution in [0.25, 0.3) is 0 Å². The third kappa shape index (κ3) is 3.47. The maximum Gasteiger partial charge on any atom is 0.266 e. The second-order valence-corrected chi connectivity index (χ2v) is 3.91. The maximum absolute atomic E-state index is 13.4. The lowest BCUT2D eigenvalue weighted by atomic mass is 10.3. The Labute approximate surface area is 113 Å². The number of aromatic nitrogens is 2. The highest BCUT2D eigenvalue weighted by Crippen LogP contribution is 2.19. The summed E-state index contributed by atoms with van der Waals surface area (Å²) < 4.78 is 31.3. The van der Waals surface area contributed by atoms with E-state index in [2.05, 4.69) is 15.3 Å². The van der Waals surface area contributed by atoms with Crippen molar-refractivity contribution in [3.8, 4) is 5.75 Å². The zero-order valence-electron chi connectivity index (χ0n) is 10.5. The van der Waals surface area contributed by atoms with Gasteiger partial charge in [-0.15, -0.1) is 0 Å². The van der Waals surface area contributed by atoms with Crippen molar-refractivity contribution in [3.63, 3.8) is 0 Å². The summed E-state index contributed by atoms with van der Waals surface area (Å²) in [7, 11) is 0. The van der Waals surface area contributed by atoms with Crippen LogP contribution < -0.4 is 10.1 Å². The molecule has 0 fully saturated rings. The topological polar surface area (TPSA) is 64.1 Å². The summed E-state index contributed by atoms with van der Waals surface area (Å²) in [6, 6.07) is 2.85. The summed E-state index contributed by atoms with van der Waals surface area (Å²) in [5.41, 5.74) is 0. The van der Waals surface area contributed by atoms with E-state index < -0.39 is 23.6 Å². The Morgan fingerprint density at radius 3 is 2.80 bits per heavy atom. The highest BCUT2D eigenvalue weighted by molar-refractivity contribution is 5.93. The van der Waals surface area contributed by atoms with Crippen molar-refractivity contribution < 1.29 is 18.3 Å². The smallest absolute Gasteiger partial charge is 0.266 e. The highest BCUT2D eigenvalue weighted by atomic mass is 19.1. The van der Waals surface area contributed by atoms with E-state index in [-0.39, 0.29) is 11.6 Å². The minimum atomic E-state index is -0.975. The fourth-order valence-corrected chi connectivity index (χ4v) is 1.41. The first-order valence-corrected chi connectivity index (χ1v) is 5.75. The van der Waals surface area contributed by atoms with Gasteiger partial charge in [0, 0.05) is 18.5 Å². The van der Waals surface area contributed by atoms with Crippen LogP contribution in [-0.2, 0) is 4.79 Å². The third-order valence-corrected chi connectivity index (χ3v) is 2.38. The van der Waals surface area contributed by atoms with Gasteiger partial charge in [0.1, 0.15) is 5.82 Å². The molecular formula is C13H11F2N3O2. The van der Waals surface area contributed by atoms with E-state index in [0.29, 0.717) is 6.07 Å². The van der Waals surface area contributed by atoms with E-state index in [1.807, 2.05) is 0 Å². The van der Waals surface area contributed by atoms with Crippen LogP contribution >= 0.6 is 0 Å². The Kier molecular flexibility index (Phi) is 4.19. The predicted molar refractivity (Wildman–Crippen MR) is 67.1 cm³/mol. The first kappa shape index (κ1) is 13.9. The molecule has 20 heavy (non-hydrogen) atoms. The van der Waals surface area contributed by atoms with E-state index >= 15 is 0 Å². The molecular weight excluding hydrogens is 268 g/mol. The van der Waals surface area contributed by atoms with Gasteiger partial charge in [0.05, 0.1) is 6.20 Å². The molecule has 0 aliphatic heterocycles. The number of anilines is 1. The van der Waals surface area contributed by atoms with Crippen LogP contribution in [-0.4, -0.2) is 22.0 Å². The van der Waals surface area contributed by atoms with Gasteiger partial charge in [-0.3, -0.25) is 9.78 Å². The van der Waals surface area contributed by atoms with Gasteiger partial charge in [-0.1, -0.05) is 0 Å². The zero-order valence-corrected chi connectivity index (χ0v) is 10.5. The van der Waals surface area contributed by atoms with Crippen molar-refractivity contribution >= 4 is 11.7 Å². The Bertz CT molecular complexity index is 608. The first-order valence-electron chi connectivity index (χ1n) is 5.75. The molecule has 0 aliphatic rings. The van der Waals surface area contributed by atoms with Gasteiger partial charge in [-0.2, -0.15) is 0 Å². The number of ether oxygens (including phenoxy) is 1. The average Bonchev–Trinajstić information content (AvgIpc) is 2.43. The molecule has 2 rings (SSSR count). The zero-order chi connectivity index (χ0) is 14.5. The maximum atomic E-state index is 13.4. The summed E-state index contributed by atoms with van der Waals surface area (Å²) in [5.74, 6) is -2.05. The standard InChI is InChI=1S/C13H11F2N3O2/c1-8(13(19)18-12-7-16-4-5-17-12)20-11-3-2-9(14)6-10(11)15/h2-8H,1H3,(H,17,18,19). The fraction of sp³-hybridized carbons (Fsp3) is 0.154. The van der Waals surface area contributed by atoms with Crippen molar-refractivity contribution in [2.75, 3.05) is 5.32 Å². The van der Waals surface area contributed by atoms with Crippen molar-refractivity contribution in [3.05, 3.63) is 48.4 Å². The van der Waals surface area contributed by atoms with Gasteiger partial charge < -0.3 is 10.1 Å². The highest BCUT2D eigenvalue weighted by Gasteiger charge is 2.17. The molecule has 2 aromatic rings. The number of benzene rings is 1. The van der Waals surface area contributed by atoms with Gasteiger partial charge in [-0.05, 0) is 19.1 Å². The number of amides is 1. The van der Waals surface area contributed by atoms with Gasteiger partial charge >= 0.3 is 0 Å². The van der Waals surface area contributed by atoms with Crippen LogP contribution in [0.4, 0.5) is 14.6 Å². The van der Waals surface area contributed by atoms with Crippen molar-refractivity contribution in [2.24, 2.45) is 0 Å². The molecule has 1 atom stereocenters. The first-order chi connectivity index (χ1) is 9.56. The van der Waals surface area contributed by atoms with Crippen LogP contribution in [0.5, 0.6) is 5.75 Å². The second-order valence-electron chi connectivity index (χ2n) is 3.91. The van der Waals surface area contributed by atoms with Crippen LogP contribution in [0.3, 0.4) is 0 Å². The number of rotatable bonds is 4. The number of hydrogen-bond acceptors (Lipinski definition) is 4. The van der Waals surface area contributed by atoms with Crippen molar-refractivity contribution in [1.29, 1.82) is 0 Å². The van der Waals surface area contributed by atoms with Gasteiger partial charge in [0.2, 0.25) is 0 Å². The Hall–Kier alpha value is -2.57. The molecule has 1 aromatic carbocycles. The Balaban J connectivity index is 2.00. The lowest BCUT2D eigenvalue weighted by Crippen LogP contribution is -2.30. The lowest BCUT2D eigenvalue weighted by molar-refractivity contribution is -0.122. The van der Waals surface area contributed by atoms with Crippen LogP contribution in [0.2, 0.25) is 0 Å². The number of carbonyl (C=O) groups is 1. The number of halogens is 2. The Morgan fingerprint density at radius 2 is 2.15 bits per heavy atom. The minimum Gasteiger partial charge on any atom is -0.478 e. The predicted octanol–water partition coefficient (Wildman–Crippen LogP) is 2.16. The summed E-state index contributed by atoms with van der Waals surface area (Å²) in [6.45, 7) is 1.44. The van der Waals surface area contributed by atoms with Crippen LogP contribution in [0.15, 0.2) is 36.8 Å². The monoisotopic (exact) mass is 279 g/mol. The molecule has 7 heteroatoms. The number of carbonyl (C=O) groups excluding carboxylic acids is 1. The molecule has 104 valence electrons. The molecule has 1 N–H and O–H groups in total. The molecule has 1 amide bonds. The van der Waals surface area contributed by atoms with E-state index in [0.717, 1.165) is 12.1 Å². The number of hydrogen-bond donors (Lipinski definition) is 1. The van der Waals surface area contributed by atoms with Gasteiger partial charge in [0.15, 0.2) is 23.5 Å². The molecule has 5 nitrogen and oxygen atoms in total. The second kappa shape index (κ2) is 6.05. The third-order valence-electron chi connectivity index (χ3n) is 2.38. The SMILES string of the molecule is CC(Oc1ccc(F)cc1F)C(=O)Nc1cnccn1. The van der Waals surface area contributed by atoms with Crippen LogP contribution in [0.1, 0.15) is 6.92 Å². The van der Waals surface area contributed by atoms with Crippen molar-refractivity contribution in [1.82, 2.24) is 9.97 Å². The van der Waals surface area contributed by atoms with E-state index in [4.69, 9.17) is 4.74 Å². The van der Waals surface area contributed by atoms with Crippen LogP contribution in [0, 0.1) is 11.6 Å². The molecule has 0 saturated carbocycles. The van der Waals surface area contributed by atoms with Gasteiger partial charge in [0.25, 0.3) is 5.91 Å². The molecule has 0 aliphatic carbocycles. The normalized spacial score (nSPS) is 11.8. The van der Waals surface area contributed by atoms with E-state index in [9.17, 15) is 13.6 Å². The molecule has 0 radical (unpaired) electrons. The van der Waals surface area contributed by atoms with E-state index in [1.54, 1.807) is 0 Å². The average molecular weight is 279 g/mol. The number of nitrogens with one attached hydrogen (secondary N) is 1.